The van der Waals surface area contributed by atoms with Crippen molar-refractivity contribution in [3.05, 3.63) is 33.6 Å². The Hall–Kier alpha value is -0.270. The Bertz CT molecular complexity index is 512. The van der Waals surface area contributed by atoms with Gasteiger partial charge in [0.15, 0.2) is 0 Å². The van der Waals surface area contributed by atoms with Gasteiger partial charge < -0.3 is 4.55 Å². The van der Waals surface area contributed by atoms with E-state index in [2.05, 4.69) is 20.7 Å². The summed E-state index contributed by atoms with van der Waals surface area (Å²) in [6.07, 6.45) is 0. The highest BCUT2D eigenvalue weighted by molar-refractivity contribution is 9.10. The number of nitrogens with one attached hydrogen (secondary N) is 1. The molecule has 0 amide bonds. The van der Waals surface area contributed by atoms with Gasteiger partial charge in [-0.25, -0.2) is 4.72 Å². The highest BCUT2D eigenvalue weighted by atomic mass is 79.9. The molecule has 0 aliphatic rings. The molecule has 15 heavy (non-hydrogen) atoms. The molecule has 6 heteroatoms. The van der Waals surface area contributed by atoms with Crippen molar-refractivity contribution in [2.24, 2.45) is 0 Å². The zero-order valence-electron chi connectivity index (χ0n) is 7.53. The molecule has 2 rings (SSSR count). The minimum Gasteiger partial charge on any atom is -0.760 e. The Labute approximate surface area is 102 Å². The van der Waals surface area contributed by atoms with Gasteiger partial charge in [0.1, 0.15) is 0 Å². The minimum absolute atomic E-state index is 0.332. The van der Waals surface area contributed by atoms with Gasteiger partial charge >= 0.3 is 0 Å². The minimum atomic E-state index is -2.21. The van der Waals surface area contributed by atoms with Crippen molar-refractivity contribution in [3.8, 4) is 0 Å². The maximum absolute atomic E-state index is 10.4. The van der Waals surface area contributed by atoms with Crippen LogP contribution in [0.2, 0.25) is 0 Å². The Balaban J connectivity index is 2.39. The average Bonchev–Trinajstić information content (AvgIpc) is 2.59. The van der Waals surface area contributed by atoms with Crippen LogP contribution < -0.4 is 4.72 Å². The lowest BCUT2D eigenvalue weighted by Gasteiger charge is -2.06. The summed E-state index contributed by atoms with van der Waals surface area (Å²) in [6, 6.07) is 5.93. The lowest BCUT2D eigenvalue weighted by atomic mass is 10.2. The SMILES string of the molecule is O=S([O-])NCc1csc2cccc(Br)c12. The van der Waals surface area contributed by atoms with Crippen molar-refractivity contribution in [3.63, 3.8) is 0 Å². The summed E-state index contributed by atoms with van der Waals surface area (Å²) in [7, 11) is 0. The van der Waals surface area contributed by atoms with E-state index in [1.807, 2.05) is 23.6 Å². The molecule has 1 aromatic heterocycles. The van der Waals surface area contributed by atoms with Crippen LogP contribution >= 0.6 is 27.3 Å². The summed E-state index contributed by atoms with van der Waals surface area (Å²) in [5.41, 5.74) is 0.992. The van der Waals surface area contributed by atoms with E-state index in [9.17, 15) is 8.76 Å². The number of rotatable bonds is 3. The predicted octanol–water partition coefficient (Wildman–Crippen LogP) is 2.55. The standard InChI is InChI=1S/C9H8BrNO2S2/c10-7-2-1-3-8-9(7)6(5-14-8)4-11-15(12)13/h1-3,5,11H,4H2,(H,12,13)/p-1. The van der Waals surface area contributed by atoms with Crippen LogP contribution in [-0.2, 0) is 17.8 Å². The number of hydrogen-bond acceptors (Lipinski definition) is 3. The fourth-order valence-electron chi connectivity index (χ4n) is 1.37. The summed E-state index contributed by atoms with van der Waals surface area (Å²) in [5.74, 6) is 0. The van der Waals surface area contributed by atoms with E-state index in [0.717, 1.165) is 20.1 Å². The smallest absolute Gasteiger partial charge is 0.0357 e. The highest BCUT2D eigenvalue weighted by Gasteiger charge is 2.06. The van der Waals surface area contributed by atoms with Crippen LogP contribution in [0.25, 0.3) is 10.1 Å². The molecule has 1 aromatic carbocycles. The number of thiophene rings is 1. The summed E-state index contributed by atoms with van der Waals surface area (Å²) in [4.78, 5) is 0. The van der Waals surface area contributed by atoms with Crippen LogP contribution in [0.3, 0.4) is 0 Å². The van der Waals surface area contributed by atoms with Crippen LogP contribution in [0.15, 0.2) is 28.1 Å². The zero-order valence-corrected chi connectivity index (χ0v) is 10.7. The first-order valence-corrected chi connectivity index (χ1v) is 6.90. The molecule has 1 atom stereocenters. The molecule has 80 valence electrons. The lowest BCUT2D eigenvalue weighted by molar-refractivity contribution is 0.523. The third-order valence-corrected chi connectivity index (χ3v) is 4.04. The largest absolute Gasteiger partial charge is 0.760 e. The van der Waals surface area contributed by atoms with E-state index in [1.165, 1.54) is 0 Å². The van der Waals surface area contributed by atoms with Gasteiger partial charge in [-0.05, 0) is 23.1 Å². The van der Waals surface area contributed by atoms with Crippen LogP contribution in [-0.4, -0.2) is 8.76 Å². The van der Waals surface area contributed by atoms with Crippen molar-refractivity contribution in [1.82, 2.24) is 4.72 Å². The Morgan fingerprint density at radius 3 is 3.07 bits per heavy atom. The molecule has 0 saturated carbocycles. The fourth-order valence-corrected chi connectivity index (χ4v) is 3.39. The van der Waals surface area contributed by atoms with Crippen LogP contribution in [0.5, 0.6) is 0 Å². The first-order chi connectivity index (χ1) is 7.18. The number of hydrogen-bond donors (Lipinski definition) is 1. The maximum atomic E-state index is 10.4. The van der Waals surface area contributed by atoms with Crippen LogP contribution in [0.4, 0.5) is 0 Å². The van der Waals surface area contributed by atoms with Gasteiger partial charge in [-0.3, -0.25) is 4.21 Å². The second kappa shape index (κ2) is 4.71. The fraction of sp³-hybridized carbons (Fsp3) is 0.111. The average molecular weight is 305 g/mol. The number of benzene rings is 1. The molecule has 0 spiro atoms. The van der Waals surface area contributed by atoms with E-state index in [-0.39, 0.29) is 0 Å². The van der Waals surface area contributed by atoms with E-state index in [4.69, 9.17) is 0 Å². The van der Waals surface area contributed by atoms with Crippen molar-refractivity contribution < 1.29 is 8.76 Å². The van der Waals surface area contributed by atoms with Crippen molar-refractivity contribution >= 4 is 48.6 Å². The van der Waals surface area contributed by atoms with Crippen LogP contribution in [0.1, 0.15) is 5.56 Å². The molecule has 1 heterocycles. The van der Waals surface area contributed by atoms with Gasteiger partial charge in [0, 0.05) is 32.4 Å². The molecule has 1 unspecified atom stereocenters. The first-order valence-electron chi connectivity index (χ1n) is 4.16. The Morgan fingerprint density at radius 1 is 1.53 bits per heavy atom. The Morgan fingerprint density at radius 2 is 2.33 bits per heavy atom. The van der Waals surface area contributed by atoms with Crippen molar-refractivity contribution in [2.45, 2.75) is 6.54 Å². The highest BCUT2D eigenvalue weighted by Crippen LogP contribution is 2.32. The molecule has 0 aliphatic heterocycles. The maximum Gasteiger partial charge on any atom is 0.0357 e. The quantitative estimate of drug-likeness (QED) is 0.886. The molecule has 0 aliphatic carbocycles. The van der Waals surface area contributed by atoms with Gasteiger partial charge in [0.25, 0.3) is 0 Å². The monoisotopic (exact) mass is 304 g/mol. The van der Waals surface area contributed by atoms with E-state index >= 15 is 0 Å². The second-order valence-corrected chi connectivity index (χ2v) is 5.45. The summed E-state index contributed by atoms with van der Waals surface area (Å²) < 4.78 is 25.3. The molecule has 0 bridgehead atoms. The number of halogens is 1. The van der Waals surface area contributed by atoms with Crippen molar-refractivity contribution in [2.75, 3.05) is 0 Å². The molecule has 0 saturated heterocycles. The molecule has 1 N–H and O–H groups in total. The second-order valence-electron chi connectivity index (χ2n) is 2.93. The topological polar surface area (TPSA) is 52.2 Å². The molecule has 3 nitrogen and oxygen atoms in total. The van der Waals surface area contributed by atoms with E-state index < -0.39 is 11.3 Å². The molecule has 2 aromatic rings. The van der Waals surface area contributed by atoms with Gasteiger partial charge in [0.05, 0.1) is 0 Å². The zero-order chi connectivity index (χ0) is 10.8. The predicted molar refractivity (Wildman–Crippen MR) is 65.3 cm³/mol. The molecule has 0 fully saturated rings. The van der Waals surface area contributed by atoms with Crippen molar-refractivity contribution in [1.29, 1.82) is 0 Å². The molecular weight excluding hydrogens is 298 g/mol. The van der Waals surface area contributed by atoms with Crippen LogP contribution in [0, 0.1) is 0 Å². The molecule has 0 radical (unpaired) electrons. The molecular formula is C9H7BrNO2S2-. The summed E-state index contributed by atoms with van der Waals surface area (Å²) in [5, 5.41) is 3.05. The summed E-state index contributed by atoms with van der Waals surface area (Å²) >= 11 is 2.86. The van der Waals surface area contributed by atoms with E-state index in [0.29, 0.717) is 6.54 Å². The lowest BCUT2D eigenvalue weighted by Crippen LogP contribution is -2.15. The number of fused-ring (bicyclic) bond motifs is 1. The van der Waals surface area contributed by atoms with Gasteiger partial charge in [-0.1, -0.05) is 22.0 Å². The first kappa shape index (κ1) is 11.2. The van der Waals surface area contributed by atoms with Gasteiger partial charge in [0.2, 0.25) is 0 Å². The normalized spacial score (nSPS) is 13.2. The third-order valence-electron chi connectivity index (χ3n) is 2.01. The van der Waals surface area contributed by atoms with E-state index in [1.54, 1.807) is 11.3 Å². The summed E-state index contributed by atoms with van der Waals surface area (Å²) in [6.45, 7) is 0.332. The van der Waals surface area contributed by atoms with Gasteiger partial charge in [-0.15, -0.1) is 11.3 Å². The van der Waals surface area contributed by atoms with Gasteiger partial charge in [-0.2, -0.15) is 0 Å². The third kappa shape index (κ3) is 2.46. The Kier molecular flexibility index (Phi) is 3.53.